The van der Waals surface area contributed by atoms with Crippen LogP contribution in [0.15, 0.2) is 91.0 Å². The van der Waals surface area contributed by atoms with Crippen LogP contribution in [-0.4, -0.2) is 42.2 Å². The zero-order valence-electron chi connectivity index (χ0n) is 21.4. The average molecular weight is 527 g/mol. The first kappa shape index (κ1) is 27.8. The van der Waals surface area contributed by atoms with Crippen LogP contribution in [0.3, 0.4) is 0 Å². The first-order valence-electron chi connectivity index (χ1n) is 12.7. The van der Waals surface area contributed by atoms with Gasteiger partial charge in [-0.05, 0) is 43.4 Å². The van der Waals surface area contributed by atoms with Gasteiger partial charge in [-0.15, -0.1) is 0 Å². The molecule has 5 nitrogen and oxygen atoms in total. The summed E-state index contributed by atoms with van der Waals surface area (Å²) in [4.78, 5) is 12.1. The lowest BCUT2D eigenvalue weighted by Gasteiger charge is -2.33. The second-order valence-electron chi connectivity index (χ2n) is 9.99. The van der Waals surface area contributed by atoms with Crippen molar-refractivity contribution < 1.29 is 27.4 Å². The lowest BCUT2D eigenvalue weighted by molar-refractivity contribution is -0.176. The van der Waals surface area contributed by atoms with Crippen molar-refractivity contribution in [1.82, 2.24) is 10.6 Å². The van der Waals surface area contributed by atoms with Gasteiger partial charge in [0.1, 0.15) is 12.2 Å². The molecule has 0 saturated carbocycles. The number of nitrogens with one attached hydrogen (secondary N) is 2. The van der Waals surface area contributed by atoms with E-state index in [-0.39, 0.29) is 12.5 Å². The van der Waals surface area contributed by atoms with Crippen LogP contribution in [0.5, 0.6) is 0 Å². The molecule has 0 spiro atoms. The molecule has 1 heterocycles. The lowest BCUT2D eigenvalue weighted by Crippen LogP contribution is -2.56. The van der Waals surface area contributed by atoms with Crippen LogP contribution < -0.4 is 10.6 Å². The Labute approximate surface area is 221 Å². The van der Waals surface area contributed by atoms with Gasteiger partial charge in [0.25, 0.3) is 0 Å². The largest absolute Gasteiger partial charge is 0.471 e. The molecule has 1 fully saturated rings. The third-order valence-corrected chi connectivity index (χ3v) is 6.54. The van der Waals surface area contributed by atoms with Gasteiger partial charge in [0.2, 0.25) is 0 Å². The first-order valence-corrected chi connectivity index (χ1v) is 12.7. The van der Waals surface area contributed by atoms with Gasteiger partial charge >= 0.3 is 12.1 Å². The number of hydrogen-bond acceptors (Lipinski definition) is 4. The molecule has 0 bridgehead atoms. The summed E-state index contributed by atoms with van der Waals surface area (Å²) in [7, 11) is 0. The molecule has 2 N–H and O–H groups in total. The molecule has 3 aromatic carbocycles. The minimum absolute atomic E-state index is 0.153. The normalized spacial score (nSPS) is 20.6. The number of benzene rings is 3. The highest BCUT2D eigenvalue weighted by atomic mass is 19.4. The van der Waals surface area contributed by atoms with Crippen LogP contribution in [0, 0.1) is 0 Å². The maximum Gasteiger partial charge on any atom is 0.471 e. The van der Waals surface area contributed by atoms with Crippen molar-refractivity contribution in [2.24, 2.45) is 0 Å². The van der Waals surface area contributed by atoms with Crippen LogP contribution in [0.2, 0.25) is 0 Å². The summed E-state index contributed by atoms with van der Waals surface area (Å²) < 4.78 is 52.6. The van der Waals surface area contributed by atoms with Gasteiger partial charge in [0.05, 0.1) is 6.04 Å². The fourth-order valence-electron chi connectivity index (χ4n) is 4.82. The Bertz CT molecular complexity index is 1160. The lowest BCUT2D eigenvalue weighted by atomic mass is 9.91. The van der Waals surface area contributed by atoms with Gasteiger partial charge in [-0.1, -0.05) is 91.0 Å². The molecular weight excluding hydrogens is 493 g/mol. The predicted molar refractivity (Wildman–Crippen MR) is 139 cm³/mol. The smallest absolute Gasteiger partial charge is 0.343 e. The van der Waals surface area contributed by atoms with Crippen molar-refractivity contribution >= 4 is 5.91 Å². The molecule has 0 aromatic heterocycles. The standard InChI is InChI=1S/C30H33F3N2O3/c1-29(2)37-26(24(18-21-12-6-3-7-13-21)34-20-23-16-10-5-11-17-23)27(38-29)25(35-28(36)30(31,32)33)19-22-14-8-4-9-15-22/h3-17,24-27,34H,18-20H2,1-2H3,(H,35,36)/t24-,25-,26+,27+/m1/s1. The van der Waals surface area contributed by atoms with E-state index in [9.17, 15) is 18.0 Å². The van der Waals surface area contributed by atoms with Crippen molar-refractivity contribution in [2.45, 2.75) is 69.5 Å². The van der Waals surface area contributed by atoms with Crippen LogP contribution in [0.1, 0.15) is 30.5 Å². The molecular formula is C30H33F3N2O3. The zero-order chi connectivity index (χ0) is 27.2. The predicted octanol–water partition coefficient (Wildman–Crippen LogP) is 5.20. The fraction of sp³-hybridized carbons (Fsp3) is 0.367. The van der Waals surface area contributed by atoms with Gasteiger partial charge < -0.3 is 20.1 Å². The summed E-state index contributed by atoms with van der Waals surface area (Å²) in [5.74, 6) is -3.06. The Morgan fingerprint density at radius 3 is 1.66 bits per heavy atom. The molecule has 0 aliphatic carbocycles. The number of halogens is 3. The molecule has 1 aliphatic heterocycles. The highest BCUT2D eigenvalue weighted by Crippen LogP contribution is 2.34. The Hall–Kier alpha value is -3.20. The minimum atomic E-state index is -5.02. The third kappa shape index (κ3) is 7.66. The first-order chi connectivity index (χ1) is 18.1. The van der Waals surface area contributed by atoms with Crippen LogP contribution >= 0.6 is 0 Å². The number of carbonyl (C=O) groups is 1. The number of rotatable bonds is 10. The van der Waals surface area contributed by atoms with Crippen LogP contribution in [0.4, 0.5) is 13.2 Å². The van der Waals surface area contributed by atoms with E-state index in [0.717, 1.165) is 16.7 Å². The Morgan fingerprint density at radius 1 is 0.763 bits per heavy atom. The van der Waals surface area contributed by atoms with Gasteiger partial charge in [-0.2, -0.15) is 13.2 Å². The molecule has 1 saturated heterocycles. The number of alkyl halides is 3. The van der Waals surface area contributed by atoms with Gasteiger partial charge in [0.15, 0.2) is 5.79 Å². The van der Waals surface area contributed by atoms with Crippen molar-refractivity contribution in [1.29, 1.82) is 0 Å². The van der Waals surface area contributed by atoms with E-state index < -0.39 is 36.1 Å². The van der Waals surface area contributed by atoms with E-state index in [1.54, 1.807) is 13.8 Å². The average Bonchev–Trinajstić information content (AvgIpc) is 3.22. The van der Waals surface area contributed by atoms with E-state index >= 15 is 0 Å². The summed E-state index contributed by atoms with van der Waals surface area (Å²) in [5.41, 5.74) is 2.89. The fourth-order valence-corrected chi connectivity index (χ4v) is 4.82. The molecule has 1 aliphatic rings. The monoisotopic (exact) mass is 526 g/mol. The maximum atomic E-state index is 13.3. The van der Waals surface area contributed by atoms with Crippen molar-refractivity contribution in [2.75, 3.05) is 0 Å². The molecule has 1 amide bonds. The Kier molecular flexibility index (Phi) is 8.87. The van der Waals surface area contributed by atoms with Gasteiger partial charge in [0, 0.05) is 12.6 Å². The maximum absolute atomic E-state index is 13.3. The highest BCUT2D eigenvalue weighted by Gasteiger charge is 2.50. The molecule has 8 heteroatoms. The zero-order valence-corrected chi connectivity index (χ0v) is 21.4. The molecule has 38 heavy (non-hydrogen) atoms. The summed E-state index contributed by atoms with van der Waals surface area (Å²) in [5, 5.41) is 5.77. The quantitative estimate of drug-likeness (QED) is 0.382. The molecule has 0 radical (unpaired) electrons. The number of ether oxygens (including phenoxy) is 2. The topological polar surface area (TPSA) is 59.6 Å². The molecule has 0 unspecified atom stereocenters. The van der Waals surface area contributed by atoms with E-state index in [1.165, 1.54) is 0 Å². The highest BCUT2D eigenvalue weighted by molar-refractivity contribution is 5.82. The van der Waals surface area contributed by atoms with E-state index in [0.29, 0.717) is 13.0 Å². The Balaban J connectivity index is 1.66. The SMILES string of the molecule is CC1(C)O[C@@H]([C@@H](Cc2ccccc2)NCc2ccccc2)[C@H]([C@@H](Cc2ccccc2)NC(=O)C(F)(F)F)O1. The minimum Gasteiger partial charge on any atom is -0.343 e. The summed E-state index contributed by atoms with van der Waals surface area (Å²) in [6.45, 7) is 4.01. The second-order valence-corrected chi connectivity index (χ2v) is 9.99. The Morgan fingerprint density at radius 2 is 1.18 bits per heavy atom. The molecule has 3 aromatic rings. The summed E-state index contributed by atoms with van der Waals surface area (Å²) >= 11 is 0. The van der Waals surface area contributed by atoms with Gasteiger partial charge in [-0.3, -0.25) is 4.79 Å². The van der Waals surface area contributed by atoms with Crippen LogP contribution in [0.25, 0.3) is 0 Å². The van der Waals surface area contributed by atoms with Crippen molar-refractivity contribution in [3.63, 3.8) is 0 Å². The molecule has 202 valence electrons. The van der Waals surface area contributed by atoms with Gasteiger partial charge in [-0.25, -0.2) is 0 Å². The number of hydrogen-bond donors (Lipinski definition) is 2. The van der Waals surface area contributed by atoms with Crippen molar-refractivity contribution in [3.05, 3.63) is 108 Å². The molecule has 4 rings (SSSR count). The van der Waals surface area contributed by atoms with Crippen LogP contribution in [-0.2, 0) is 33.7 Å². The summed E-state index contributed by atoms with van der Waals surface area (Å²) in [6.07, 6.45) is -5.79. The molecule has 4 atom stereocenters. The van der Waals surface area contributed by atoms with E-state index in [1.807, 2.05) is 91.0 Å². The number of amides is 1. The van der Waals surface area contributed by atoms with E-state index in [2.05, 4.69) is 10.6 Å². The second kappa shape index (κ2) is 12.1. The summed E-state index contributed by atoms with van der Waals surface area (Å²) in [6, 6.07) is 27.5. The third-order valence-electron chi connectivity index (χ3n) is 6.54. The van der Waals surface area contributed by atoms with Crippen molar-refractivity contribution in [3.8, 4) is 0 Å². The number of carbonyl (C=O) groups excluding carboxylic acids is 1. The van der Waals surface area contributed by atoms with E-state index in [4.69, 9.17) is 9.47 Å².